The summed E-state index contributed by atoms with van der Waals surface area (Å²) in [5.74, 6) is 3.14. The van der Waals surface area contributed by atoms with E-state index in [2.05, 4.69) is 12.2 Å². The maximum absolute atomic E-state index is 3.59. The molecular formula is C11H21N. The van der Waals surface area contributed by atoms with Crippen LogP contribution in [0.25, 0.3) is 0 Å². The van der Waals surface area contributed by atoms with Crippen LogP contribution < -0.4 is 5.32 Å². The Balaban J connectivity index is 1.94. The number of nitrogens with one attached hydrogen (secondary N) is 1. The van der Waals surface area contributed by atoms with E-state index in [9.17, 15) is 0 Å². The van der Waals surface area contributed by atoms with Gasteiger partial charge in [-0.25, -0.2) is 0 Å². The Kier molecular flexibility index (Phi) is 2.69. The molecule has 1 N–H and O–H groups in total. The number of hydrogen-bond donors (Lipinski definition) is 1. The molecule has 2 aliphatic rings. The van der Waals surface area contributed by atoms with Crippen LogP contribution in [-0.4, -0.2) is 13.1 Å². The molecule has 0 aromatic rings. The Morgan fingerprint density at radius 3 is 3.00 bits per heavy atom. The van der Waals surface area contributed by atoms with Crippen LogP contribution in [0.4, 0.5) is 0 Å². The third kappa shape index (κ3) is 1.52. The molecule has 0 aromatic heterocycles. The van der Waals surface area contributed by atoms with Crippen molar-refractivity contribution in [1.82, 2.24) is 5.32 Å². The summed E-state index contributed by atoms with van der Waals surface area (Å²) in [6, 6.07) is 0. The smallest absolute Gasteiger partial charge is 0.00176 e. The highest BCUT2D eigenvalue weighted by Crippen LogP contribution is 2.40. The second-order valence-electron chi connectivity index (χ2n) is 4.56. The molecule has 1 aliphatic carbocycles. The van der Waals surface area contributed by atoms with Gasteiger partial charge in [0.05, 0.1) is 0 Å². The van der Waals surface area contributed by atoms with E-state index in [1.165, 1.54) is 45.2 Å². The number of hydrogen-bond acceptors (Lipinski definition) is 1. The largest absolute Gasteiger partial charge is 0.316 e. The van der Waals surface area contributed by atoms with Crippen LogP contribution in [0.2, 0.25) is 0 Å². The summed E-state index contributed by atoms with van der Waals surface area (Å²) in [7, 11) is 0. The molecule has 1 saturated carbocycles. The Morgan fingerprint density at radius 1 is 1.25 bits per heavy atom. The van der Waals surface area contributed by atoms with Gasteiger partial charge in [0.1, 0.15) is 0 Å². The molecule has 1 nitrogen and oxygen atoms in total. The van der Waals surface area contributed by atoms with Crippen LogP contribution in [-0.2, 0) is 0 Å². The molecule has 12 heavy (non-hydrogen) atoms. The minimum atomic E-state index is 1.01. The van der Waals surface area contributed by atoms with Crippen LogP contribution in [0, 0.1) is 17.8 Å². The highest BCUT2D eigenvalue weighted by Gasteiger charge is 2.35. The molecule has 1 heterocycles. The fourth-order valence-corrected chi connectivity index (χ4v) is 3.23. The summed E-state index contributed by atoms with van der Waals surface area (Å²) in [5, 5.41) is 3.59. The first kappa shape index (κ1) is 8.55. The molecule has 70 valence electrons. The van der Waals surface area contributed by atoms with Crippen molar-refractivity contribution < 1.29 is 0 Å². The van der Waals surface area contributed by atoms with Gasteiger partial charge < -0.3 is 5.32 Å². The normalized spacial score (nSPS) is 41.2. The standard InChI is InChI=1S/C11H21N/c1-2-4-9-7-12-8-10-5-3-6-11(9)10/h9-12H,2-8H2,1H3. The van der Waals surface area contributed by atoms with Crippen LogP contribution >= 0.6 is 0 Å². The lowest BCUT2D eigenvalue weighted by atomic mass is 9.78. The van der Waals surface area contributed by atoms with Crippen molar-refractivity contribution in [3.8, 4) is 0 Å². The average Bonchev–Trinajstić information content (AvgIpc) is 2.53. The van der Waals surface area contributed by atoms with Crippen molar-refractivity contribution in [2.24, 2.45) is 17.8 Å². The highest BCUT2D eigenvalue weighted by atomic mass is 14.9. The maximum atomic E-state index is 3.59. The quantitative estimate of drug-likeness (QED) is 0.666. The second kappa shape index (κ2) is 3.78. The van der Waals surface area contributed by atoms with Gasteiger partial charge in [0, 0.05) is 0 Å². The topological polar surface area (TPSA) is 12.0 Å². The summed E-state index contributed by atoms with van der Waals surface area (Å²) in [5.41, 5.74) is 0. The highest BCUT2D eigenvalue weighted by molar-refractivity contribution is 4.88. The van der Waals surface area contributed by atoms with Crippen molar-refractivity contribution in [1.29, 1.82) is 0 Å². The van der Waals surface area contributed by atoms with Gasteiger partial charge in [-0.3, -0.25) is 0 Å². The second-order valence-corrected chi connectivity index (χ2v) is 4.56. The van der Waals surface area contributed by atoms with Gasteiger partial charge in [0.2, 0.25) is 0 Å². The molecule has 0 spiro atoms. The van der Waals surface area contributed by atoms with E-state index < -0.39 is 0 Å². The van der Waals surface area contributed by atoms with E-state index in [0.717, 1.165) is 17.8 Å². The molecule has 2 rings (SSSR count). The fraction of sp³-hybridized carbons (Fsp3) is 1.00. The SMILES string of the molecule is CCCC1CNCC2CCCC12. The first-order chi connectivity index (χ1) is 5.92. The van der Waals surface area contributed by atoms with Crippen molar-refractivity contribution in [3.63, 3.8) is 0 Å². The predicted octanol–water partition coefficient (Wildman–Crippen LogP) is 2.42. The van der Waals surface area contributed by atoms with Crippen LogP contribution in [0.3, 0.4) is 0 Å². The lowest BCUT2D eigenvalue weighted by molar-refractivity contribution is 0.189. The molecular weight excluding hydrogens is 146 g/mol. The number of piperidine rings is 1. The van der Waals surface area contributed by atoms with E-state index in [0.29, 0.717) is 0 Å². The zero-order valence-electron chi connectivity index (χ0n) is 8.18. The Labute approximate surface area is 75.9 Å². The average molecular weight is 167 g/mol. The summed E-state index contributed by atoms with van der Waals surface area (Å²) >= 11 is 0. The van der Waals surface area contributed by atoms with Crippen molar-refractivity contribution in [2.45, 2.75) is 39.0 Å². The van der Waals surface area contributed by atoms with Crippen molar-refractivity contribution in [3.05, 3.63) is 0 Å². The van der Waals surface area contributed by atoms with Gasteiger partial charge in [-0.2, -0.15) is 0 Å². The van der Waals surface area contributed by atoms with Crippen LogP contribution in [0.15, 0.2) is 0 Å². The van der Waals surface area contributed by atoms with Gasteiger partial charge in [0.15, 0.2) is 0 Å². The summed E-state index contributed by atoms with van der Waals surface area (Å²) in [4.78, 5) is 0. The zero-order chi connectivity index (χ0) is 8.39. The molecule has 0 amide bonds. The lowest BCUT2D eigenvalue weighted by Crippen LogP contribution is -2.41. The maximum Gasteiger partial charge on any atom is -0.00176 e. The van der Waals surface area contributed by atoms with Gasteiger partial charge >= 0.3 is 0 Å². The van der Waals surface area contributed by atoms with Crippen molar-refractivity contribution >= 4 is 0 Å². The number of fused-ring (bicyclic) bond motifs is 1. The fourth-order valence-electron chi connectivity index (χ4n) is 3.23. The third-order valence-corrected chi connectivity index (χ3v) is 3.80. The third-order valence-electron chi connectivity index (χ3n) is 3.80. The summed E-state index contributed by atoms with van der Waals surface area (Å²) < 4.78 is 0. The molecule has 0 aromatic carbocycles. The van der Waals surface area contributed by atoms with Gasteiger partial charge in [0.25, 0.3) is 0 Å². The molecule has 3 unspecified atom stereocenters. The van der Waals surface area contributed by atoms with Gasteiger partial charge in [-0.1, -0.05) is 19.8 Å². The first-order valence-corrected chi connectivity index (χ1v) is 5.62. The monoisotopic (exact) mass is 167 g/mol. The Morgan fingerprint density at radius 2 is 2.17 bits per heavy atom. The van der Waals surface area contributed by atoms with Crippen molar-refractivity contribution in [2.75, 3.05) is 13.1 Å². The first-order valence-electron chi connectivity index (χ1n) is 5.62. The van der Waals surface area contributed by atoms with E-state index in [4.69, 9.17) is 0 Å². The van der Waals surface area contributed by atoms with Crippen LogP contribution in [0.1, 0.15) is 39.0 Å². The molecule has 1 aliphatic heterocycles. The minimum Gasteiger partial charge on any atom is -0.316 e. The molecule has 0 radical (unpaired) electrons. The zero-order valence-corrected chi connectivity index (χ0v) is 8.18. The summed E-state index contributed by atoms with van der Waals surface area (Å²) in [6.07, 6.45) is 7.34. The van der Waals surface area contributed by atoms with E-state index in [1.54, 1.807) is 0 Å². The van der Waals surface area contributed by atoms with E-state index in [1.807, 2.05) is 0 Å². The van der Waals surface area contributed by atoms with Gasteiger partial charge in [-0.15, -0.1) is 0 Å². The molecule has 0 bridgehead atoms. The Bertz CT molecular complexity index is 142. The number of rotatable bonds is 2. The van der Waals surface area contributed by atoms with Gasteiger partial charge in [-0.05, 0) is 50.1 Å². The predicted molar refractivity (Wildman–Crippen MR) is 52.1 cm³/mol. The van der Waals surface area contributed by atoms with E-state index >= 15 is 0 Å². The van der Waals surface area contributed by atoms with E-state index in [-0.39, 0.29) is 0 Å². The summed E-state index contributed by atoms with van der Waals surface area (Å²) in [6.45, 7) is 4.93. The Hall–Kier alpha value is -0.0400. The molecule has 1 saturated heterocycles. The minimum absolute atomic E-state index is 1.01. The molecule has 3 atom stereocenters. The molecule has 1 heteroatoms. The lowest BCUT2D eigenvalue weighted by Gasteiger charge is -2.34. The van der Waals surface area contributed by atoms with Crippen LogP contribution in [0.5, 0.6) is 0 Å². The molecule has 2 fully saturated rings.